The van der Waals surface area contributed by atoms with E-state index in [2.05, 4.69) is 0 Å². The number of ether oxygens (including phenoxy) is 1. The lowest BCUT2D eigenvalue weighted by atomic mass is 10.1. The second-order valence-corrected chi connectivity index (χ2v) is 4.52. The maximum Gasteiger partial charge on any atom is 0.331 e. The second kappa shape index (κ2) is 6.73. The number of hydrogen-bond donors (Lipinski definition) is 0. The van der Waals surface area contributed by atoms with Crippen LogP contribution in [0.25, 0.3) is 6.08 Å². The molecule has 0 aromatic heterocycles. The summed E-state index contributed by atoms with van der Waals surface area (Å²) in [6.45, 7) is 1.31. The summed E-state index contributed by atoms with van der Waals surface area (Å²) < 4.78 is 5.34. The molecular formula is C15H17NO3. The molecule has 0 unspecified atom stereocenters. The maximum atomic E-state index is 11.6. The molecule has 2 rings (SSSR count). The van der Waals surface area contributed by atoms with E-state index in [9.17, 15) is 9.59 Å². The van der Waals surface area contributed by atoms with E-state index in [0.717, 1.165) is 12.0 Å². The minimum absolute atomic E-state index is 0.0795. The van der Waals surface area contributed by atoms with Crippen molar-refractivity contribution < 1.29 is 14.3 Å². The van der Waals surface area contributed by atoms with Gasteiger partial charge in [-0.3, -0.25) is 4.79 Å². The SMILES string of the molecule is O=CN1CCC(OC(=O)C=Cc2ccccc2)CC1. The zero-order valence-corrected chi connectivity index (χ0v) is 10.7. The van der Waals surface area contributed by atoms with Gasteiger partial charge in [0.05, 0.1) is 0 Å². The van der Waals surface area contributed by atoms with Crippen molar-refractivity contribution >= 4 is 18.5 Å². The van der Waals surface area contributed by atoms with Crippen LogP contribution in [0.15, 0.2) is 36.4 Å². The summed E-state index contributed by atoms with van der Waals surface area (Å²) in [5.41, 5.74) is 0.968. The Morgan fingerprint density at radius 1 is 1.21 bits per heavy atom. The Balaban J connectivity index is 1.79. The monoisotopic (exact) mass is 259 g/mol. The van der Waals surface area contributed by atoms with Gasteiger partial charge in [-0.1, -0.05) is 30.3 Å². The zero-order chi connectivity index (χ0) is 13.5. The van der Waals surface area contributed by atoms with Crippen molar-refractivity contribution in [1.82, 2.24) is 4.90 Å². The molecule has 19 heavy (non-hydrogen) atoms. The number of piperidine rings is 1. The Labute approximate surface area is 112 Å². The lowest BCUT2D eigenvalue weighted by Gasteiger charge is -2.28. The largest absolute Gasteiger partial charge is 0.459 e. The molecule has 1 aliphatic heterocycles. The summed E-state index contributed by atoms with van der Waals surface area (Å²) in [5.74, 6) is -0.326. The number of hydrogen-bond acceptors (Lipinski definition) is 3. The van der Waals surface area contributed by atoms with Crippen molar-refractivity contribution in [3.63, 3.8) is 0 Å². The summed E-state index contributed by atoms with van der Waals surface area (Å²) in [5, 5.41) is 0. The molecule has 0 bridgehead atoms. The highest BCUT2D eigenvalue weighted by molar-refractivity contribution is 5.87. The molecule has 0 N–H and O–H groups in total. The molecule has 0 radical (unpaired) electrons. The smallest absolute Gasteiger partial charge is 0.331 e. The molecule has 0 saturated carbocycles. The fraction of sp³-hybridized carbons (Fsp3) is 0.333. The van der Waals surface area contributed by atoms with Crippen LogP contribution in [0.1, 0.15) is 18.4 Å². The minimum atomic E-state index is -0.326. The van der Waals surface area contributed by atoms with Crippen LogP contribution in [-0.2, 0) is 14.3 Å². The van der Waals surface area contributed by atoms with Gasteiger partial charge in [0, 0.05) is 32.0 Å². The van der Waals surface area contributed by atoms with Gasteiger partial charge in [0.15, 0.2) is 0 Å². The molecule has 1 fully saturated rings. The van der Waals surface area contributed by atoms with Crippen molar-refractivity contribution in [2.45, 2.75) is 18.9 Å². The van der Waals surface area contributed by atoms with E-state index in [-0.39, 0.29) is 12.1 Å². The van der Waals surface area contributed by atoms with E-state index in [1.54, 1.807) is 11.0 Å². The predicted octanol–water partition coefficient (Wildman–Crippen LogP) is 1.86. The molecule has 1 aliphatic rings. The summed E-state index contributed by atoms with van der Waals surface area (Å²) in [7, 11) is 0. The average Bonchev–Trinajstić information content (AvgIpc) is 2.47. The molecule has 1 amide bonds. The maximum absolute atomic E-state index is 11.6. The first-order valence-electron chi connectivity index (χ1n) is 6.41. The van der Waals surface area contributed by atoms with Crippen LogP contribution in [0.2, 0.25) is 0 Å². The molecule has 1 heterocycles. The zero-order valence-electron chi connectivity index (χ0n) is 10.7. The fourth-order valence-electron chi connectivity index (χ4n) is 2.03. The Kier molecular flexibility index (Phi) is 4.72. The molecule has 1 saturated heterocycles. The van der Waals surface area contributed by atoms with E-state index in [1.807, 2.05) is 30.3 Å². The summed E-state index contributed by atoms with van der Waals surface area (Å²) in [6.07, 6.45) is 5.37. The molecular weight excluding hydrogens is 242 g/mol. The molecule has 1 aromatic rings. The normalized spacial score (nSPS) is 16.5. The first kappa shape index (κ1) is 13.3. The highest BCUT2D eigenvalue weighted by atomic mass is 16.5. The van der Waals surface area contributed by atoms with Gasteiger partial charge in [-0.15, -0.1) is 0 Å². The summed E-state index contributed by atoms with van der Waals surface area (Å²) in [4.78, 5) is 23.9. The molecule has 4 nitrogen and oxygen atoms in total. The van der Waals surface area contributed by atoms with Crippen LogP contribution < -0.4 is 0 Å². The van der Waals surface area contributed by atoms with E-state index in [4.69, 9.17) is 4.74 Å². The molecule has 4 heteroatoms. The lowest BCUT2D eigenvalue weighted by molar-refractivity contribution is -0.145. The second-order valence-electron chi connectivity index (χ2n) is 4.52. The third-order valence-electron chi connectivity index (χ3n) is 3.12. The van der Waals surface area contributed by atoms with Crippen molar-refractivity contribution in [2.75, 3.05) is 13.1 Å². The predicted molar refractivity (Wildman–Crippen MR) is 72.2 cm³/mol. The first-order valence-corrected chi connectivity index (χ1v) is 6.41. The molecule has 1 aromatic carbocycles. The van der Waals surface area contributed by atoms with Gasteiger partial charge in [-0.25, -0.2) is 4.79 Å². The lowest BCUT2D eigenvalue weighted by Crippen LogP contribution is -2.36. The van der Waals surface area contributed by atoms with Gasteiger partial charge >= 0.3 is 5.97 Å². The van der Waals surface area contributed by atoms with E-state index < -0.39 is 0 Å². The number of carbonyl (C=O) groups is 2. The van der Waals surface area contributed by atoms with E-state index >= 15 is 0 Å². The minimum Gasteiger partial charge on any atom is -0.459 e. The Bertz CT molecular complexity index is 448. The number of rotatable bonds is 4. The molecule has 100 valence electrons. The third-order valence-corrected chi connectivity index (χ3v) is 3.12. The number of carbonyl (C=O) groups excluding carboxylic acids is 2. The van der Waals surface area contributed by atoms with Crippen molar-refractivity contribution in [3.8, 4) is 0 Å². The molecule has 0 spiro atoms. The van der Waals surface area contributed by atoms with Gasteiger partial charge in [0.2, 0.25) is 6.41 Å². The average molecular weight is 259 g/mol. The van der Waals surface area contributed by atoms with Gasteiger partial charge in [-0.05, 0) is 11.6 Å². The number of esters is 1. The van der Waals surface area contributed by atoms with Crippen LogP contribution in [0.3, 0.4) is 0 Å². The highest BCUT2D eigenvalue weighted by Crippen LogP contribution is 2.13. The number of benzene rings is 1. The van der Waals surface area contributed by atoms with Crippen LogP contribution in [0, 0.1) is 0 Å². The summed E-state index contributed by atoms with van der Waals surface area (Å²) >= 11 is 0. The fourth-order valence-corrected chi connectivity index (χ4v) is 2.03. The van der Waals surface area contributed by atoms with Gasteiger partial charge < -0.3 is 9.64 Å². The number of likely N-dealkylation sites (tertiary alicyclic amines) is 1. The van der Waals surface area contributed by atoms with Gasteiger partial charge in [-0.2, -0.15) is 0 Å². The first-order chi connectivity index (χ1) is 9.28. The van der Waals surface area contributed by atoms with Gasteiger partial charge in [0.1, 0.15) is 6.10 Å². The van der Waals surface area contributed by atoms with Crippen molar-refractivity contribution in [1.29, 1.82) is 0 Å². The van der Waals surface area contributed by atoms with Crippen LogP contribution >= 0.6 is 0 Å². The number of amides is 1. The summed E-state index contributed by atoms with van der Waals surface area (Å²) in [6, 6.07) is 9.61. The van der Waals surface area contributed by atoms with Crippen molar-refractivity contribution in [2.24, 2.45) is 0 Å². The van der Waals surface area contributed by atoms with Crippen LogP contribution in [0.4, 0.5) is 0 Å². The Morgan fingerprint density at radius 3 is 2.53 bits per heavy atom. The van der Waals surface area contributed by atoms with Crippen molar-refractivity contribution in [3.05, 3.63) is 42.0 Å². The standard InChI is InChI=1S/C15H17NO3/c17-12-16-10-8-14(9-11-16)19-15(18)7-6-13-4-2-1-3-5-13/h1-7,12,14H,8-11H2. The molecule has 0 aliphatic carbocycles. The quantitative estimate of drug-likeness (QED) is 0.471. The Morgan fingerprint density at radius 2 is 1.89 bits per heavy atom. The third kappa shape index (κ3) is 4.25. The van der Waals surface area contributed by atoms with Crippen LogP contribution in [0.5, 0.6) is 0 Å². The molecule has 0 atom stereocenters. The highest BCUT2D eigenvalue weighted by Gasteiger charge is 2.20. The number of nitrogens with zero attached hydrogens (tertiary/aromatic N) is 1. The van der Waals surface area contributed by atoms with Gasteiger partial charge in [0.25, 0.3) is 0 Å². The van der Waals surface area contributed by atoms with E-state index in [0.29, 0.717) is 25.9 Å². The Hall–Kier alpha value is -2.10. The van der Waals surface area contributed by atoms with Crippen LogP contribution in [-0.4, -0.2) is 36.5 Å². The topological polar surface area (TPSA) is 46.6 Å². The van der Waals surface area contributed by atoms with E-state index in [1.165, 1.54) is 6.08 Å².